The normalized spacial score (nSPS) is 11.0. The molecule has 0 aliphatic carbocycles. The Morgan fingerprint density at radius 2 is 1.69 bits per heavy atom. The molecule has 0 fully saturated rings. The van der Waals surface area contributed by atoms with Crippen LogP contribution in [-0.4, -0.2) is 32.7 Å². The Hall–Kier alpha value is -4.10. The van der Waals surface area contributed by atoms with Gasteiger partial charge in [0, 0.05) is 24.1 Å². The molecule has 0 radical (unpaired) electrons. The minimum atomic E-state index is 0.389. The Balaban J connectivity index is 1.49. The summed E-state index contributed by atoms with van der Waals surface area (Å²) >= 11 is 0. The predicted molar refractivity (Wildman–Crippen MR) is 122 cm³/mol. The highest BCUT2D eigenvalue weighted by Crippen LogP contribution is 2.32. The highest BCUT2D eigenvalue weighted by molar-refractivity contribution is 5.85. The summed E-state index contributed by atoms with van der Waals surface area (Å²) in [6.07, 6.45) is 0. The van der Waals surface area contributed by atoms with Crippen molar-refractivity contribution < 1.29 is 9.47 Å². The van der Waals surface area contributed by atoms with Gasteiger partial charge in [-0.05, 0) is 40.1 Å². The van der Waals surface area contributed by atoms with Crippen molar-refractivity contribution in [2.24, 2.45) is 0 Å². The van der Waals surface area contributed by atoms with E-state index >= 15 is 0 Å². The van der Waals surface area contributed by atoms with Crippen LogP contribution >= 0.6 is 0 Å². The van der Waals surface area contributed by atoms with Gasteiger partial charge in [0.1, 0.15) is 12.4 Å². The number of rotatable bonds is 7. The Morgan fingerprint density at radius 3 is 2.50 bits per heavy atom. The molecule has 0 bridgehead atoms. The van der Waals surface area contributed by atoms with Crippen molar-refractivity contribution in [1.29, 1.82) is 0 Å². The van der Waals surface area contributed by atoms with Crippen molar-refractivity contribution in [3.05, 3.63) is 90.1 Å². The summed E-state index contributed by atoms with van der Waals surface area (Å²) in [6.45, 7) is 0.815. The maximum absolute atomic E-state index is 6.25. The maximum atomic E-state index is 6.25. The van der Waals surface area contributed by atoms with E-state index in [1.54, 1.807) is 7.11 Å². The van der Waals surface area contributed by atoms with Crippen LogP contribution in [0.3, 0.4) is 0 Å². The van der Waals surface area contributed by atoms with Crippen LogP contribution < -0.4 is 4.74 Å². The number of nitrogens with one attached hydrogen (secondary N) is 1. The van der Waals surface area contributed by atoms with Gasteiger partial charge in [0.25, 0.3) is 0 Å². The lowest BCUT2D eigenvalue weighted by atomic mass is 9.97. The minimum Gasteiger partial charge on any atom is -0.488 e. The van der Waals surface area contributed by atoms with Crippen molar-refractivity contribution >= 4 is 10.9 Å². The SMILES string of the molecule is COCc1cc(OCc2ccc(-c3ccccc3)c(-c3nn[nH]n3)c2)c2ccccc2n1. The first-order valence-corrected chi connectivity index (χ1v) is 10.2. The number of aromatic nitrogens is 5. The van der Waals surface area contributed by atoms with Crippen LogP contribution in [0.1, 0.15) is 11.3 Å². The fourth-order valence-corrected chi connectivity index (χ4v) is 3.71. The average molecular weight is 423 g/mol. The molecule has 2 heterocycles. The van der Waals surface area contributed by atoms with E-state index in [-0.39, 0.29) is 0 Å². The number of fused-ring (bicyclic) bond motifs is 1. The Labute approximate surface area is 185 Å². The van der Waals surface area contributed by atoms with Crippen LogP contribution in [0.15, 0.2) is 78.9 Å². The number of pyridine rings is 1. The highest BCUT2D eigenvalue weighted by Gasteiger charge is 2.13. The number of benzene rings is 3. The van der Waals surface area contributed by atoms with Crippen molar-refractivity contribution in [3.63, 3.8) is 0 Å². The summed E-state index contributed by atoms with van der Waals surface area (Å²) in [6, 6.07) is 26.2. The minimum absolute atomic E-state index is 0.389. The van der Waals surface area contributed by atoms with Crippen LogP contribution in [0.2, 0.25) is 0 Å². The summed E-state index contributed by atoms with van der Waals surface area (Å²) in [5.74, 6) is 1.32. The van der Waals surface area contributed by atoms with E-state index < -0.39 is 0 Å². The molecule has 32 heavy (non-hydrogen) atoms. The number of hydrogen-bond donors (Lipinski definition) is 1. The molecule has 7 heteroatoms. The van der Waals surface area contributed by atoms with Crippen molar-refractivity contribution in [2.75, 3.05) is 7.11 Å². The zero-order chi connectivity index (χ0) is 21.8. The van der Waals surface area contributed by atoms with Crippen LogP contribution in [0.25, 0.3) is 33.4 Å². The Bertz CT molecular complexity index is 1340. The van der Waals surface area contributed by atoms with Gasteiger partial charge in [-0.3, -0.25) is 4.98 Å². The first-order chi connectivity index (χ1) is 15.8. The second-order valence-corrected chi connectivity index (χ2v) is 7.33. The average Bonchev–Trinajstić information content (AvgIpc) is 3.38. The lowest BCUT2D eigenvalue weighted by Crippen LogP contribution is -2.00. The summed E-state index contributed by atoms with van der Waals surface area (Å²) in [5, 5.41) is 15.6. The third-order valence-electron chi connectivity index (χ3n) is 5.17. The van der Waals surface area contributed by atoms with E-state index in [2.05, 4.69) is 49.9 Å². The third-order valence-corrected chi connectivity index (χ3v) is 5.17. The number of tetrazole rings is 1. The smallest absolute Gasteiger partial charge is 0.205 e. The fraction of sp³-hybridized carbons (Fsp3) is 0.120. The molecule has 3 aromatic carbocycles. The molecule has 2 aromatic heterocycles. The molecule has 0 saturated carbocycles. The van der Waals surface area contributed by atoms with Crippen LogP contribution in [-0.2, 0) is 18.0 Å². The Morgan fingerprint density at radius 1 is 0.844 bits per heavy atom. The van der Waals surface area contributed by atoms with Gasteiger partial charge in [-0.1, -0.05) is 54.6 Å². The van der Waals surface area contributed by atoms with Gasteiger partial charge in [-0.25, -0.2) is 0 Å². The summed E-state index contributed by atoms with van der Waals surface area (Å²) in [4.78, 5) is 4.64. The second kappa shape index (κ2) is 8.95. The zero-order valence-corrected chi connectivity index (χ0v) is 17.5. The molecule has 0 spiro atoms. The molecule has 1 N–H and O–H groups in total. The number of methoxy groups -OCH3 is 1. The number of aromatic amines is 1. The van der Waals surface area contributed by atoms with Gasteiger partial charge >= 0.3 is 0 Å². The largest absolute Gasteiger partial charge is 0.488 e. The van der Waals surface area contributed by atoms with Gasteiger partial charge in [-0.15, -0.1) is 10.2 Å². The van der Waals surface area contributed by atoms with Gasteiger partial charge in [0.15, 0.2) is 0 Å². The van der Waals surface area contributed by atoms with Crippen molar-refractivity contribution in [1.82, 2.24) is 25.6 Å². The highest BCUT2D eigenvalue weighted by atomic mass is 16.5. The van der Waals surface area contributed by atoms with Crippen LogP contribution in [0, 0.1) is 0 Å². The molecule has 5 aromatic rings. The lowest BCUT2D eigenvalue weighted by Gasteiger charge is -2.13. The molecule has 158 valence electrons. The van der Waals surface area contributed by atoms with Crippen LogP contribution in [0.4, 0.5) is 0 Å². The van der Waals surface area contributed by atoms with E-state index in [0.717, 1.165) is 44.6 Å². The number of ether oxygens (including phenoxy) is 2. The topological polar surface area (TPSA) is 85.8 Å². The molecular weight excluding hydrogens is 402 g/mol. The molecule has 0 atom stereocenters. The van der Waals surface area contributed by atoms with Gasteiger partial charge in [0.2, 0.25) is 5.82 Å². The summed E-state index contributed by atoms with van der Waals surface area (Å²) in [7, 11) is 1.66. The first-order valence-electron chi connectivity index (χ1n) is 10.2. The maximum Gasteiger partial charge on any atom is 0.205 e. The molecule has 0 aliphatic rings. The van der Waals surface area contributed by atoms with Crippen molar-refractivity contribution in [2.45, 2.75) is 13.2 Å². The predicted octanol–water partition coefficient (Wildman–Crippen LogP) is 4.81. The number of hydrogen-bond acceptors (Lipinski definition) is 6. The molecule has 5 rings (SSSR count). The van der Waals surface area contributed by atoms with Gasteiger partial charge < -0.3 is 9.47 Å². The lowest BCUT2D eigenvalue weighted by molar-refractivity contribution is 0.181. The number of nitrogens with zero attached hydrogens (tertiary/aromatic N) is 4. The van der Waals surface area contributed by atoms with Crippen molar-refractivity contribution in [3.8, 4) is 28.3 Å². The quantitative estimate of drug-likeness (QED) is 0.404. The monoisotopic (exact) mass is 423 g/mol. The zero-order valence-electron chi connectivity index (χ0n) is 17.5. The van der Waals surface area contributed by atoms with E-state index in [1.165, 1.54) is 0 Å². The molecule has 7 nitrogen and oxygen atoms in total. The Kier molecular flexibility index (Phi) is 5.55. The standard InChI is InChI=1S/C25H21N5O2/c1-31-16-19-14-24(21-9-5-6-10-23(21)26-19)32-15-17-11-12-20(18-7-3-2-4-8-18)22(13-17)25-27-29-30-28-25/h2-14H,15-16H2,1H3,(H,27,28,29,30). The van der Waals surface area contributed by atoms with E-state index in [4.69, 9.17) is 9.47 Å². The fourth-order valence-electron chi connectivity index (χ4n) is 3.71. The van der Waals surface area contributed by atoms with E-state index in [0.29, 0.717) is 19.0 Å². The van der Waals surface area contributed by atoms with Gasteiger partial charge in [-0.2, -0.15) is 5.21 Å². The van der Waals surface area contributed by atoms with E-state index in [1.807, 2.05) is 54.6 Å². The third kappa shape index (κ3) is 4.06. The van der Waals surface area contributed by atoms with Crippen LogP contribution in [0.5, 0.6) is 5.75 Å². The molecule has 0 unspecified atom stereocenters. The first kappa shape index (κ1) is 19.8. The second-order valence-electron chi connectivity index (χ2n) is 7.33. The molecule has 0 amide bonds. The molecule has 0 saturated heterocycles. The summed E-state index contributed by atoms with van der Waals surface area (Å²) < 4.78 is 11.5. The molecule has 0 aliphatic heterocycles. The van der Waals surface area contributed by atoms with Gasteiger partial charge in [0.05, 0.1) is 17.8 Å². The number of para-hydroxylation sites is 1. The summed E-state index contributed by atoms with van der Waals surface area (Å²) in [5.41, 5.74) is 5.72. The van der Waals surface area contributed by atoms with E-state index in [9.17, 15) is 0 Å². The number of H-pyrrole nitrogens is 1. The molecular formula is C25H21N5O2.